The van der Waals surface area contributed by atoms with E-state index in [0.717, 1.165) is 11.3 Å². The minimum Gasteiger partial charge on any atom is -0.397 e. The Morgan fingerprint density at radius 2 is 2.29 bits per heavy atom. The largest absolute Gasteiger partial charge is 0.397 e. The van der Waals surface area contributed by atoms with Crippen molar-refractivity contribution in [3.05, 3.63) is 17.1 Å². The molecule has 3 N–H and O–H groups in total. The van der Waals surface area contributed by atoms with Crippen LogP contribution in [0.3, 0.4) is 0 Å². The van der Waals surface area contributed by atoms with Gasteiger partial charge in [-0.25, -0.2) is 8.42 Å². The molecule has 7 nitrogen and oxygen atoms in total. The maximum Gasteiger partial charge on any atom is 0.264 e. The van der Waals surface area contributed by atoms with E-state index in [1.807, 2.05) is 0 Å². The van der Waals surface area contributed by atoms with E-state index in [1.165, 1.54) is 6.20 Å². The standard InChI is InChI=1S/C12H14N4O3S2/c1-12(3-5-21(18,19)6-12)15-10(17)9-8(13)7-2-4-14-16-11(7)20-9/h2,4H,3,5-6,13H2,1H3,(H,15,17). The van der Waals surface area contributed by atoms with Crippen molar-refractivity contribution in [2.45, 2.75) is 18.9 Å². The van der Waals surface area contributed by atoms with Gasteiger partial charge in [0.2, 0.25) is 0 Å². The number of carbonyl (C=O) groups excluding carboxylic acids is 1. The van der Waals surface area contributed by atoms with Crippen LogP contribution in [0.5, 0.6) is 0 Å². The summed E-state index contributed by atoms with van der Waals surface area (Å²) in [5.74, 6) is -0.317. The summed E-state index contributed by atoms with van der Waals surface area (Å²) in [6.45, 7) is 1.73. The second kappa shape index (κ2) is 4.63. The molecule has 3 rings (SSSR count). The molecule has 0 aliphatic carbocycles. The molecule has 1 aliphatic heterocycles. The zero-order chi connectivity index (χ0) is 15.3. The van der Waals surface area contributed by atoms with E-state index in [2.05, 4.69) is 15.5 Å². The van der Waals surface area contributed by atoms with Crippen LogP contribution in [0.1, 0.15) is 23.0 Å². The normalized spacial score (nSPS) is 24.2. The first-order chi connectivity index (χ1) is 9.80. The Balaban J connectivity index is 1.90. The van der Waals surface area contributed by atoms with Crippen molar-refractivity contribution in [3.63, 3.8) is 0 Å². The van der Waals surface area contributed by atoms with Crippen LogP contribution in [0.2, 0.25) is 0 Å². The van der Waals surface area contributed by atoms with Gasteiger partial charge >= 0.3 is 0 Å². The molecule has 0 spiro atoms. The fourth-order valence-corrected chi connectivity index (χ4v) is 5.51. The van der Waals surface area contributed by atoms with Crippen LogP contribution < -0.4 is 11.1 Å². The number of nitrogens with zero attached hydrogens (tertiary/aromatic N) is 2. The molecule has 2 aromatic rings. The number of amides is 1. The summed E-state index contributed by atoms with van der Waals surface area (Å²) >= 11 is 1.15. The third-order valence-corrected chi connectivity index (χ3v) is 6.55. The summed E-state index contributed by atoms with van der Waals surface area (Å²) in [5.41, 5.74) is 5.58. The smallest absolute Gasteiger partial charge is 0.264 e. The van der Waals surface area contributed by atoms with Crippen LogP contribution in [-0.4, -0.2) is 41.6 Å². The van der Waals surface area contributed by atoms with Gasteiger partial charge in [-0.15, -0.1) is 16.4 Å². The van der Waals surface area contributed by atoms with Crippen molar-refractivity contribution in [3.8, 4) is 0 Å². The molecule has 21 heavy (non-hydrogen) atoms. The number of anilines is 1. The van der Waals surface area contributed by atoms with Crippen LogP contribution in [0.25, 0.3) is 10.2 Å². The number of nitrogens with one attached hydrogen (secondary N) is 1. The van der Waals surface area contributed by atoms with Crippen molar-refractivity contribution in [1.82, 2.24) is 15.5 Å². The minimum absolute atomic E-state index is 0.0453. The number of sulfone groups is 1. The second-order valence-electron chi connectivity index (χ2n) is 5.45. The molecule has 0 radical (unpaired) electrons. The van der Waals surface area contributed by atoms with Gasteiger partial charge in [-0.2, -0.15) is 5.10 Å². The molecule has 2 aromatic heterocycles. The summed E-state index contributed by atoms with van der Waals surface area (Å²) in [6.07, 6.45) is 1.92. The zero-order valence-electron chi connectivity index (χ0n) is 11.3. The Hall–Kier alpha value is -1.74. The van der Waals surface area contributed by atoms with Crippen molar-refractivity contribution < 1.29 is 13.2 Å². The highest BCUT2D eigenvalue weighted by Gasteiger charge is 2.40. The molecule has 1 aliphatic rings. The molecule has 1 unspecified atom stereocenters. The Bertz CT molecular complexity index is 830. The lowest BCUT2D eigenvalue weighted by Gasteiger charge is -2.23. The molecule has 0 aromatic carbocycles. The zero-order valence-corrected chi connectivity index (χ0v) is 12.9. The van der Waals surface area contributed by atoms with Crippen LogP contribution in [0.4, 0.5) is 5.69 Å². The lowest BCUT2D eigenvalue weighted by molar-refractivity contribution is 0.0920. The van der Waals surface area contributed by atoms with Crippen LogP contribution in [-0.2, 0) is 9.84 Å². The van der Waals surface area contributed by atoms with E-state index in [0.29, 0.717) is 27.2 Å². The van der Waals surface area contributed by atoms with E-state index >= 15 is 0 Å². The number of hydrogen-bond acceptors (Lipinski definition) is 7. The van der Waals surface area contributed by atoms with Crippen LogP contribution in [0.15, 0.2) is 12.3 Å². The summed E-state index contributed by atoms with van der Waals surface area (Å²) in [6, 6.07) is 1.70. The molecule has 0 bridgehead atoms. The van der Waals surface area contributed by atoms with Crippen LogP contribution >= 0.6 is 11.3 Å². The van der Waals surface area contributed by atoms with Gasteiger partial charge in [0.25, 0.3) is 5.91 Å². The molecule has 1 fully saturated rings. The number of nitrogens with two attached hydrogens (primary N) is 1. The van der Waals surface area contributed by atoms with Gasteiger partial charge in [0.15, 0.2) is 9.84 Å². The van der Waals surface area contributed by atoms with E-state index in [4.69, 9.17) is 5.73 Å². The fourth-order valence-electron chi connectivity index (χ4n) is 2.48. The van der Waals surface area contributed by atoms with Gasteiger partial charge in [0, 0.05) is 5.39 Å². The lowest BCUT2D eigenvalue weighted by atomic mass is 10.0. The van der Waals surface area contributed by atoms with Crippen molar-refractivity contribution in [1.29, 1.82) is 0 Å². The molecular formula is C12H14N4O3S2. The van der Waals surface area contributed by atoms with E-state index in [-0.39, 0.29) is 17.4 Å². The van der Waals surface area contributed by atoms with Gasteiger partial charge in [0.05, 0.1) is 28.9 Å². The van der Waals surface area contributed by atoms with Crippen LogP contribution in [0, 0.1) is 0 Å². The Kier molecular flexibility index (Phi) is 3.14. The van der Waals surface area contributed by atoms with E-state index < -0.39 is 15.4 Å². The molecule has 1 saturated heterocycles. The number of nitrogen functional groups attached to an aromatic ring is 1. The predicted octanol–water partition coefficient (Wildman–Crippen LogP) is 0.581. The van der Waals surface area contributed by atoms with E-state index in [1.54, 1.807) is 13.0 Å². The Morgan fingerprint density at radius 3 is 2.90 bits per heavy atom. The number of fused-ring (bicyclic) bond motifs is 1. The molecule has 3 heterocycles. The molecule has 0 saturated carbocycles. The summed E-state index contributed by atoms with van der Waals surface area (Å²) in [7, 11) is -3.08. The molecule has 9 heteroatoms. The first-order valence-electron chi connectivity index (χ1n) is 6.32. The highest BCUT2D eigenvalue weighted by atomic mass is 32.2. The minimum atomic E-state index is -3.08. The number of carbonyl (C=O) groups is 1. The van der Waals surface area contributed by atoms with Crippen molar-refractivity contribution in [2.75, 3.05) is 17.2 Å². The van der Waals surface area contributed by atoms with Gasteiger partial charge in [-0.3, -0.25) is 4.79 Å². The lowest BCUT2D eigenvalue weighted by Crippen LogP contribution is -2.46. The summed E-state index contributed by atoms with van der Waals surface area (Å²) in [4.78, 5) is 13.3. The first kappa shape index (κ1) is 14.2. The van der Waals surface area contributed by atoms with Gasteiger partial charge in [-0.05, 0) is 19.4 Å². The summed E-state index contributed by atoms with van der Waals surface area (Å²) in [5, 5.41) is 11.2. The highest BCUT2D eigenvalue weighted by molar-refractivity contribution is 7.91. The number of aromatic nitrogens is 2. The van der Waals surface area contributed by atoms with E-state index in [9.17, 15) is 13.2 Å². The maximum absolute atomic E-state index is 12.4. The van der Waals surface area contributed by atoms with Crippen molar-refractivity contribution in [2.24, 2.45) is 0 Å². The predicted molar refractivity (Wildman–Crippen MR) is 81.0 cm³/mol. The van der Waals surface area contributed by atoms with Crippen molar-refractivity contribution >= 4 is 43.0 Å². The molecular weight excluding hydrogens is 312 g/mol. The monoisotopic (exact) mass is 326 g/mol. The molecule has 1 atom stereocenters. The van der Waals surface area contributed by atoms with Gasteiger partial charge in [0.1, 0.15) is 9.71 Å². The van der Waals surface area contributed by atoms with Gasteiger partial charge < -0.3 is 11.1 Å². The fraction of sp³-hybridized carbons (Fsp3) is 0.417. The van der Waals surface area contributed by atoms with Gasteiger partial charge in [-0.1, -0.05) is 0 Å². The Labute approximate surface area is 125 Å². The number of hydrogen-bond donors (Lipinski definition) is 2. The third-order valence-electron chi connectivity index (χ3n) is 3.55. The topological polar surface area (TPSA) is 115 Å². The number of rotatable bonds is 2. The third kappa shape index (κ3) is 2.58. The SMILES string of the molecule is CC1(NC(=O)c2sc3nnccc3c2N)CCS(=O)(=O)C1. The maximum atomic E-state index is 12.4. The first-order valence-corrected chi connectivity index (χ1v) is 8.96. The average Bonchev–Trinajstić information content (AvgIpc) is 2.88. The summed E-state index contributed by atoms with van der Waals surface area (Å²) < 4.78 is 23.2. The quantitative estimate of drug-likeness (QED) is 0.834. The average molecular weight is 326 g/mol. The molecule has 1 amide bonds. The Morgan fingerprint density at radius 1 is 1.52 bits per heavy atom. The second-order valence-corrected chi connectivity index (χ2v) is 8.63. The molecule has 112 valence electrons. The number of thiophene rings is 1. The highest BCUT2D eigenvalue weighted by Crippen LogP contribution is 2.32.